The summed E-state index contributed by atoms with van der Waals surface area (Å²) in [7, 11) is 1.32. The maximum absolute atomic E-state index is 14.2. The lowest BCUT2D eigenvalue weighted by atomic mass is 10.0. The van der Waals surface area contributed by atoms with Crippen molar-refractivity contribution in [2.45, 2.75) is 50.4 Å². The fraction of sp³-hybridized carbons (Fsp3) is 0.625. The Labute approximate surface area is 209 Å². The molecule has 35 heavy (non-hydrogen) atoms. The van der Waals surface area contributed by atoms with Gasteiger partial charge in [0.1, 0.15) is 11.9 Å². The van der Waals surface area contributed by atoms with E-state index in [1.165, 1.54) is 19.4 Å². The minimum atomic E-state index is -0.496. The van der Waals surface area contributed by atoms with Crippen LogP contribution >= 0.6 is 11.8 Å². The third-order valence-electron chi connectivity index (χ3n) is 6.43. The average molecular weight is 508 g/mol. The molecule has 3 heterocycles. The van der Waals surface area contributed by atoms with Crippen LogP contribution in [0.15, 0.2) is 18.5 Å². The molecule has 0 aromatic carbocycles. The minimum Gasteiger partial charge on any atom is -0.453 e. The topological polar surface area (TPSA) is 97.7 Å². The standard InChI is InChI=1S/C24H34FN5O4S/c1-33-24(32)27-7-3-9-29-15-18(22-20(29)12-16(25)13-28-22)19(6-11-35-2)30(17-4-5-17)23(31)21-14-26-8-10-34-21/h12-13,15,17,19,21,26H,3-11,14H2,1-2H3,(H,27,32)/t19?,21-/m1/s1. The Balaban J connectivity index is 1.65. The van der Waals surface area contributed by atoms with E-state index < -0.39 is 18.0 Å². The van der Waals surface area contributed by atoms with E-state index in [2.05, 4.69) is 26.6 Å². The molecular formula is C24H34FN5O4S. The van der Waals surface area contributed by atoms with E-state index in [-0.39, 0.29) is 18.0 Å². The minimum absolute atomic E-state index is 0.0103. The molecule has 1 unspecified atom stereocenters. The quantitative estimate of drug-likeness (QED) is 0.452. The maximum atomic E-state index is 14.2. The van der Waals surface area contributed by atoms with Crippen LogP contribution in [0.5, 0.6) is 0 Å². The Morgan fingerprint density at radius 3 is 2.97 bits per heavy atom. The number of fused-ring (bicyclic) bond motifs is 1. The molecule has 4 rings (SSSR count). The molecule has 0 spiro atoms. The predicted molar refractivity (Wildman–Crippen MR) is 133 cm³/mol. The number of aromatic nitrogens is 2. The van der Waals surface area contributed by atoms with Crippen molar-refractivity contribution in [3.63, 3.8) is 0 Å². The predicted octanol–water partition coefficient (Wildman–Crippen LogP) is 2.70. The molecule has 2 N–H and O–H groups in total. The highest BCUT2D eigenvalue weighted by molar-refractivity contribution is 7.98. The Morgan fingerprint density at radius 1 is 1.46 bits per heavy atom. The van der Waals surface area contributed by atoms with Gasteiger partial charge in [-0.25, -0.2) is 9.18 Å². The molecule has 2 aromatic rings. The summed E-state index contributed by atoms with van der Waals surface area (Å²) in [5.74, 6) is 0.478. The van der Waals surface area contributed by atoms with Gasteiger partial charge in [-0.2, -0.15) is 11.8 Å². The number of rotatable bonds is 11. The number of hydrogen-bond acceptors (Lipinski definition) is 7. The third-order valence-corrected chi connectivity index (χ3v) is 7.07. The van der Waals surface area contributed by atoms with Crippen molar-refractivity contribution in [1.29, 1.82) is 0 Å². The zero-order valence-electron chi connectivity index (χ0n) is 20.3. The van der Waals surface area contributed by atoms with Crippen LogP contribution in [0.3, 0.4) is 0 Å². The van der Waals surface area contributed by atoms with Crippen LogP contribution in [0.1, 0.15) is 37.3 Å². The SMILES string of the molecule is COC(=O)NCCCn1cc(C(CCSC)N(C(=O)[C@H]2CNCCO2)C2CC2)c2ncc(F)cc21. The lowest BCUT2D eigenvalue weighted by Crippen LogP contribution is -2.51. The molecule has 192 valence electrons. The molecule has 2 fully saturated rings. The highest BCUT2D eigenvalue weighted by atomic mass is 32.2. The van der Waals surface area contributed by atoms with Crippen molar-refractivity contribution in [1.82, 2.24) is 25.1 Å². The number of pyridine rings is 1. The van der Waals surface area contributed by atoms with E-state index in [0.717, 1.165) is 37.1 Å². The number of aryl methyl sites for hydroxylation is 1. The second kappa shape index (κ2) is 12.0. The van der Waals surface area contributed by atoms with Gasteiger partial charge in [-0.3, -0.25) is 9.78 Å². The van der Waals surface area contributed by atoms with Crippen molar-refractivity contribution in [2.75, 3.05) is 45.4 Å². The zero-order chi connectivity index (χ0) is 24.8. The van der Waals surface area contributed by atoms with Gasteiger partial charge in [0.2, 0.25) is 0 Å². The van der Waals surface area contributed by atoms with Crippen LogP contribution in [-0.4, -0.2) is 84.0 Å². The second-order valence-corrected chi connectivity index (χ2v) is 9.89. The summed E-state index contributed by atoms with van der Waals surface area (Å²) in [6, 6.07) is 1.49. The number of nitrogens with zero attached hydrogens (tertiary/aromatic N) is 3. The van der Waals surface area contributed by atoms with Crippen LogP contribution < -0.4 is 10.6 Å². The van der Waals surface area contributed by atoms with Crippen LogP contribution in [0, 0.1) is 5.82 Å². The van der Waals surface area contributed by atoms with Gasteiger partial charge in [0.05, 0.1) is 37.0 Å². The van der Waals surface area contributed by atoms with E-state index in [9.17, 15) is 14.0 Å². The van der Waals surface area contributed by atoms with Crippen LogP contribution in [0.25, 0.3) is 11.0 Å². The molecule has 2 amide bonds. The Morgan fingerprint density at radius 2 is 2.29 bits per heavy atom. The molecule has 9 nitrogen and oxygen atoms in total. The van der Waals surface area contributed by atoms with Crippen LogP contribution in [0.2, 0.25) is 0 Å². The number of methoxy groups -OCH3 is 1. The summed E-state index contributed by atoms with van der Waals surface area (Å²) in [4.78, 5) is 31.5. The van der Waals surface area contributed by atoms with E-state index in [1.807, 2.05) is 15.7 Å². The van der Waals surface area contributed by atoms with Crippen molar-refractivity contribution in [3.05, 3.63) is 29.8 Å². The number of ether oxygens (including phenoxy) is 2. The fourth-order valence-electron chi connectivity index (χ4n) is 4.61. The lowest BCUT2D eigenvalue weighted by molar-refractivity contribution is -0.148. The maximum Gasteiger partial charge on any atom is 0.406 e. The Hall–Kier alpha value is -2.37. The molecule has 1 aliphatic heterocycles. The van der Waals surface area contributed by atoms with Gasteiger partial charge in [-0.15, -0.1) is 0 Å². The van der Waals surface area contributed by atoms with Gasteiger partial charge in [0, 0.05) is 50.0 Å². The Kier molecular flexibility index (Phi) is 8.85. The van der Waals surface area contributed by atoms with Gasteiger partial charge < -0.3 is 29.6 Å². The molecule has 1 saturated carbocycles. The van der Waals surface area contributed by atoms with E-state index in [4.69, 9.17) is 4.74 Å². The number of hydrogen-bond donors (Lipinski definition) is 2. The first-order chi connectivity index (χ1) is 17.0. The summed E-state index contributed by atoms with van der Waals surface area (Å²) in [6.07, 6.45) is 7.67. The molecular weight excluding hydrogens is 473 g/mol. The fourth-order valence-corrected chi connectivity index (χ4v) is 5.07. The van der Waals surface area contributed by atoms with Gasteiger partial charge in [0.25, 0.3) is 5.91 Å². The molecule has 0 radical (unpaired) electrons. The first kappa shape index (κ1) is 25.7. The molecule has 0 bridgehead atoms. The summed E-state index contributed by atoms with van der Waals surface area (Å²) in [5.41, 5.74) is 2.32. The number of nitrogens with one attached hydrogen (secondary N) is 2. The highest BCUT2D eigenvalue weighted by Crippen LogP contribution is 2.40. The molecule has 1 aliphatic carbocycles. The molecule has 2 atom stereocenters. The zero-order valence-corrected chi connectivity index (χ0v) is 21.1. The monoisotopic (exact) mass is 507 g/mol. The van der Waals surface area contributed by atoms with Crippen LogP contribution in [-0.2, 0) is 20.8 Å². The average Bonchev–Trinajstić information content (AvgIpc) is 3.66. The molecule has 11 heteroatoms. The number of amides is 2. The van der Waals surface area contributed by atoms with Crippen molar-refractivity contribution < 1.29 is 23.5 Å². The number of carbonyl (C=O) groups is 2. The van der Waals surface area contributed by atoms with Crippen molar-refractivity contribution >= 4 is 34.8 Å². The van der Waals surface area contributed by atoms with Gasteiger partial charge >= 0.3 is 6.09 Å². The highest BCUT2D eigenvalue weighted by Gasteiger charge is 2.42. The number of morpholine rings is 1. The summed E-state index contributed by atoms with van der Waals surface area (Å²) >= 11 is 1.74. The van der Waals surface area contributed by atoms with Crippen LogP contribution in [0.4, 0.5) is 9.18 Å². The molecule has 1 saturated heterocycles. The van der Waals surface area contributed by atoms with Gasteiger partial charge in [-0.1, -0.05) is 0 Å². The lowest BCUT2D eigenvalue weighted by Gasteiger charge is -2.36. The first-order valence-electron chi connectivity index (χ1n) is 12.1. The number of halogens is 1. The van der Waals surface area contributed by atoms with E-state index in [0.29, 0.717) is 43.7 Å². The third kappa shape index (κ3) is 6.25. The van der Waals surface area contributed by atoms with Gasteiger partial charge in [-0.05, 0) is 37.7 Å². The smallest absolute Gasteiger partial charge is 0.406 e. The molecule has 2 aromatic heterocycles. The Bertz CT molecular complexity index is 1020. The number of thioether (sulfide) groups is 1. The van der Waals surface area contributed by atoms with Crippen molar-refractivity contribution in [2.24, 2.45) is 0 Å². The summed E-state index contributed by atoms with van der Waals surface area (Å²) in [6.45, 7) is 2.77. The second-order valence-electron chi connectivity index (χ2n) is 8.91. The number of carbonyl (C=O) groups excluding carboxylic acids is 2. The summed E-state index contributed by atoms with van der Waals surface area (Å²) < 4.78 is 26.6. The molecule has 2 aliphatic rings. The van der Waals surface area contributed by atoms with Gasteiger partial charge in [0.15, 0.2) is 0 Å². The first-order valence-corrected chi connectivity index (χ1v) is 13.5. The number of alkyl carbamates (subject to hydrolysis) is 1. The largest absolute Gasteiger partial charge is 0.453 e. The van der Waals surface area contributed by atoms with E-state index in [1.54, 1.807) is 11.8 Å². The summed E-state index contributed by atoms with van der Waals surface area (Å²) in [5, 5.41) is 5.93. The van der Waals surface area contributed by atoms with E-state index >= 15 is 0 Å². The van der Waals surface area contributed by atoms with Crippen molar-refractivity contribution in [3.8, 4) is 0 Å². The normalized spacial score (nSPS) is 18.9.